The van der Waals surface area contributed by atoms with Crippen molar-refractivity contribution in [1.29, 1.82) is 0 Å². The SMILES string of the molecule is CN=C(NCc1cccc2cccnc12)N(C)CC1CCOC1.I. The molecule has 6 heteroatoms. The molecule has 3 rings (SSSR count). The first kappa shape index (κ1) is 18.9. The summed E-state index contributed by atoms with van der Waals surface area (Å²) in [6.45, 7) is 3.42. The molecule has 24 heavy (non-hydrogen) atoms. The first-order chi connectivity index (χ1) is 11.3. The van der Waals surface area contributed by atoms with Gasteiger partial charge in [-0.2, -0.15) is 0 Å². The van der Waals surface area contributed by atoms with E-state index in [1.54, 1.807) is 0 Å². The minimum absolute atomic E-state index is 0. The highest BCUT2D eigenvalue weighted by atomic mass is 127. The lowest BCUT2D eigenvalue weighted by Crippen LogP contribution is -2.41. The Hall–Kier alpha value is -1.41. The van der Waals surface area contributed by atoms with Crippen LogP contribution in [0.15, 0.2) is 41.5 Å². The number of ether oxygens (including phenoxy) is 1. The van der Waals surface area contributed by atoms with Crippen molar-refractivity contribution in [3.05, 3.63) is 42.1 Å². The molecule has 1 aromatic heterocycles. The largest absolute Gasteiger partial charge is 0.381 e. The van der Waals surface area contributed by atoms with Crippen LogP contribution in [0.1, 0.15) is 12.0 Å². The Bertz CT molecular complexity index is 680. The molecule has 1 aliphatic heterocycles. The molecule has 0 radical (unpaired) electrons. The summed E-state index contributed by atoms with van der Waals surface area (Å²) >= 11 is 0. The predicted octanol–water partition coefficient (Wildman–Crippen LogP) is 2.90. The van der Waals surface area contributed by atoms with Crippen molar-refractivity contribution in [2.75, 3.05) is 33.9 Å². The van der Waals surface area contributed by atoms with Crippen LogP contribution in [0.2, 0.25) is 0 Å². The van der Waals surface area contributed by atoms with E-state index < -0.39 is 0 Å². The first-order valence-corrected chi connectivity index (χ1v) is 8.10. The topological polar surface area (TPSA) is 49.8 Å². The van der Waals surface area contributed by atoms with Crippen LogP contribution in [0.4, 0.5) is 0 Å². The van der Waals surface area contributed by atoms with Crippen molar-refractivity contribution in [2.45, 2.75) is 13.0 Å². The van der Waals surface area contributed by atoms with E-state index in [2.05, 4.69) is 51.5 Å². The van der Waals surface area contributed by atoms with E-state index in [0.717, 1.165) is 37.7 Å². The van der Waals surface area contributed by atoms with E-state index in [1.807, 2.05) is 19.3 Å². The van der Waals surface area contributed by atoms with Crippen LogP contribution in [-0.4, -0.2) is 49.7 Å². The number of nitrogens with zero attached hydrogens (tertiary/aromatic N) is 3. The number of guanidine groups is 1. The molecule has 0 aliphatic carbocycles. The number of para-hydroxylation sites is 1. The number of aliphatic imine (C=N–C) groups is 1. The molecule has 2 aromatic rings. The van der Waals surface area contributed by atoms with Crippen LogP contribution >= 0.6 is 24.0 Å². The molecule has 1 aromatic carbocycles. The van der Waals surface area contributed by atoms with Gasteiger partial charge in [0.15, 0.2) is 5.96 Å². The van der Waals surface area contributed by atoms with Crippen molar-refractivity contribution >= 4 is 40.8 Å². The summed E-state index contributed by atoms with van der Waals surface area (Å²) < 4.78 is 5.45. The fourth-order valence-electron chi connectivity index (χ4n) is 3.07. The van der Waals surface area contributed by atoms with Crippen molar-refractivity contribution in [3.8, 4) is 0 Å². The lowest BCUT2D eigenvalue weighted by atomic mass is 10.1. The van der Waals surface area contributed by atoms with E-state index in [9.17, 15) is 0 Å². The monoisotopic (exact) mass is 440 g/mol. The number of nitrogens with one attached hydrogen (secondary N) is 1. The number of hydrogen-bond acceptors (Lipinski definition) is 3. The smallest absolute Gasteiger partial charge is 0.193 e. The van der Waals surface area contributed by atoms with Crippen LogP contribution in [0.25, 0.3) is 10.9 Å². The lowest BCUT2D eigenvalue weighted by molar-refractivity contribution is 0.181. The zero-order valence-electron chi connectivity index (χ0n) is 14.2. The average molecular weight is 440 g/mol. The third-order valence-corrected chi connectivity index (χ3v) is 4.28. The second-order valence-corrected chi connectivity index (χ2v) is 6.00. The fraction of sp³-hybridized carbons (Fsp3) is 0.444. The number of halogens is 1. The highest BCUT2D eigenvalue weighted by Crippen LogP contribution is 2.16. The van der Waals surface area contributed by atoms with Gasteiger partial charge in [-0.1, -0.05) is 24.3 Å². The van der Waals surface area contributed by atoms with Gasteiger partial charge in [-0.05, 0) is 18.1 Å². The lowest BCUT2D eigenvalue weighted by Gasteiger charge is -2.24. The van der Waals surface area contributed by atoms with Gasteiger partial charge in [0, 0.05) is 51.3 Å². The van der Waals surface area contributed by atoms with Crippen LogP contribution in [0, 0.1) is 5.92 Å². The van der Waals surface area contributed by atoms with Gasteiger partial charge >= 0.3 is 0 Å². The molecule has 0 bridgehead atoms. The molecule has 1 unspecified atom stereocenters. The van der Waals surface area contributed by atoms with Crippen molar-refractivity contribution in [1.82, 2.24) is 15.2 Å². The predicted molar refractivity (Wildman–Crippen MR) is 109 cm³/mol. The maximum absolute atomic E-state index is 5.45. The summed E-state index contributed by atoms with van der Waals surface area (Å²) in [4.78, 5) is 11.1. The van der Waals surface area contributed by atoms with E-state index in [-0.39, 0.29) is 24.0 Å². The Balaban J connectivity index is 0.00000208. The van der Waals surface area contributed by atoms with Crippen LogP contribution in [0.3, 0.4) is 0 Å². The molecule has 5 nitrogen and oxygen atoms in total. The maximum atomic E-state index is 5.45. The van der Waals surface area contributed by atoms with Crippen molar-refractivity contribution in [3.63, 3.8) is 0 Å². The molecule has 1 aliphatic rings. The fourth-order valence-corrected chi connectivity index (χ4v) is 3.07. The molecule has 130 valence electrons. The molecular weight excluding hydrogens is 415 g/mol. The Morgan fingerprint density at radius 1 is 1.38 bits per heavy atom. The third kappa shape index (κ3) is 4.57. The Morgan fingerprint density at radius 3 is 2.96 bits per heavy atom. The van der Waals surface area contributed by atoms with E-state index >= 15 is 0 Å². The number of hydrogen-bond donors (Lipinski definition) is 1. The van der Waals surface area contributed by atoms with Gasteiger partial charge in [-0.15, -0.1) is 24.0 Å². The van der Waals surface area contributed by atoms with Gasteiger partial charge in [0.2, 0.25) is 0 Å². The average Bonchev–Trinajstić information content (AvgIpc) is 3.08. The molecule has 1 N–H and O–H groups in total. The third-order valence-electron chi connectivity index (χ3n) is 4.28. The molecular formula is C18H25IN4O. The van der Waals surface area contributed by atoms with E-state index in [0.29, 0.717) is 12.5 Å². The minimum atomic E-state index is 0. The van der Waals surface area contributed by atoms with Gasteiger partial charge in [0.05, 0.1) is 12.1 Å². The second-order valence-electron chi connectivity index (χ2n) is 6.00. The molecule has 0 amide bonds. The normalized spacial score (nSPS) is 17.6. The number of aromatic nitrogens is 1. The summed E-state index contributed by atoms with van der Waals surface area (Å²) in [5, 5.41) is 4.61. The highest BCUT2D eigenvalue weighted by molar-refractivity contribution is 14.0. The van der Waals surface area contributed by atoms with Gasteiger partial charge in [-0.3, -0.25) is 9.98 Å². The van der Waals surface area contributed by atoms with Crippen molar-refractivity contribution < 1.29 is 4.74 Å². The number of benzene rings is 1. The van der Waals surface area contributed by atoms with Crippen LogP contribution in [-0.2, 0) is 11.3 Å². The Labute approximate surface area is 160 Å². The Morgan fingerprint density at radius 2 is 2.21 bits per heavy atom. The first-order valence-electron chi connectivity index (χ1n) is 8.10. The molecule has 0 saturated carbocycles. The number of pyridine rings is 1. The van der Waals surface area contributed by atoms with Crippen molar-refractivity contribution in [2.24, 2.45) is 10.9 Å². The van der Waals surface area contributed by atoms with E-state index in [1.165, 1.54) is 10.9 Å². The van der Waals surface area contributed by atoms with Gasteiger partial charge in [0.25, 0.3) is 0 Å². The second kappa shape index (κ2) is 9.17. The Kier molecular flexibility index (Phi) is 7.23. The summed E-state index contributed by atoms with van der Waals surface area (Å²) in [7, 11) is 3.90. The summed E-state index contributed by atoms with van der Waals surface area (Å²) in [6, 6.07) is 10.3. The zero-order valence-corrected chi connectivity index (χ0v) is 16.6. The molecule has 0 spiro atoms. The van der Waals surface area contributed by atoms with E-state index in [4.69, 9.17) is 4.74 Å². The minimum Gasteiger partial charge on any atom is -0.381 e. The summed E-state index contributed by atoms with van der Waals surface area (Å²) in [5.74, 6) is 1.50. The van der Waals surface area contributed by atoms with Gasteiger partial charge in [0.1, 0.15) is 0 Å². The standard InChI is InChI=1S/C18H24N4O.HI/c1-19-18(22(2)12-14-8-10-23-13-14)21-11-16-6-3-5-15-7-4-9-20-17(15)16;/h3-7,9,14H,8,10-13H2,1-2H3,(H,19,21);1H. The number of fused-ring (bicyclic) bond motifs is 1. The number of rotatable bonds is 4. The van der Waals surface area contributed by atoms with Crippen LogP contribution in [0.5, 0.6) is 0 Å². The molecule has 1 fully saturated rings. The zero-order chi connectivity index (χ0) is 16.1. The summed E-state index contributed by atoms with van der Waals surface area (Å²) in [6.07, 6.45) is 2.97. The molecule has 1 atom stereocenters. The highest BCUT2D eigenvalue weighted by Gasteiger charge is 2.19. The molecule has 2 heterocycles. The van der Waals surface area contributed by atoms with Gasteiger partial charge in [-0.25, -0.2) is 0 Å². The van der Waals surface area contributed by atoms with Crippen LogP contribution < -0.4 is 5.32 Å². The summed E-state index contributed by atoms with van der Waals surface area (Å²) in [5.41, 5.74) is 2.23. The maximum Gasteiger partial charge on any atom is 0.193 e. The molecule has 1 saturated heterocycles. The quantitative estimate of drug-likeness (QED) is 0.452. The van der Waals surface area contributed by atoms with Gasteiger partial charge < -0.3 is 15.0 Å².